The summed E-state index contributed by atoms with van der Waals surface area (Å²) in [5, 5.41) is 9.22. The highest BCUT2D eigenvalue weighted by molar-refractivity contribution is 5.73. The molecule has 0 radical (unpaired) electrons. The highest BCUT2D eigenvalue weighted by atomic mass is 19.1. The third kappa shape index (κ3) is 4.30. The molecule has 2 aliphatic rings. The van der Waals surface area contributed by atoms with Crippen LogP contribution in [0.3, 0.4) is 0 Å². The molecule has 0 aromatic heterocycles. The molecule has 2 fully saturated rings. The summed E-state index contributed by atoms with van der Waals surface area (Å²) in [4.78, 5) is 15.3. The first-order valence-corrected chi connectivity index (χ1v) is 9.12. The van der Waals surface area contributed by atoms with Gasteiger partial charge in [-0.3, -0.25) is 4.79 Å². The van der Waals surface area contributed by atoms with Gasteiger partial charge in [-0.05, 0) is 31.7 Å². The first-order chi connectivity index (χ1) is 12.1. The van der Waals surface area contributed by atoms with Gasteiger partial charge >= 0.3 is 0 Å². The SMILES string of the molecule is CC(=O)N1CCC(OC2CCN(c3cccc(CO)c3F)CC2)CC1. The van der Waals surface area contributed by atoms with E-state index in [1.807, 2.05) is 9.80 Å². The summed E-state index contributed by atoms with van der Waals surface area (Å²) in [6.07, 6.45) is 3.96. The predicted molar refractivity (Wildman–Crippen MR) is 93.9 cm³/mol. The number of ether oxygens (including phenoxy) is 1. The summed E-state index contributed by atoms with van der Waals surface area (Å²) in [5.74, 6) is -0.181. The van der Waals surface area contributed by atoms with Crippen LogP contribution in [-0.2, 0) is 16.1 Å². The number of piperidine rings is 2. The molecule has 1 N–H and O–H groups in total. The normalized spacial score (nSPS) is 20.1. The lowest BCUT2D eigenvalue weighted by molar-refractivity contribution is -0.132. The van der Waals surface area contributed by atoms with Gasteiger partial charge in [0.05, 0.1) is 24.5 Å². The number of amides is 1. The van der Waals surface area contributed by atoms with Crippen LogP contribution in [0.15, 0.2) is 18.2 Å². The zero-order valence-corrected chi connectivity index (χ0v) is 14.8. The number of aliphatic hydroxyl groups is 1. The number of hydrogen-bond donors (Lipinski definition) is 1. The summed E-state index contributed by atoms with van der Waals surface area (Å²) in [7, 11) is 0. The number of rotatable bonds is 4. The second-order valence-electron chi connectivity index (χ2n) is 6.94. The number of aliphatic hydroxyl groups excluding tert-OH is 1. The minimum absolute atomic E-state index is 0.138. The standard InChI is InChI=1S/C19H27FN2O3/c1-14(24)21-9-5-16(6-10-21)25-17-7-11-22(12-8-17)18-4-2-3-15(13-23)19(18)20/h2-4,16-17,23H,5-13H2,1H3. The largest absolute Gasteiger partial charge is 0.392 e. The van der Waals surface area contributed by atoms with Crippen LogP contribution in [-0.4, -0.2) is 54.3 Å². The Kier molecular flexibility index (Phi) is 5.91. The molecule has 1 aromatic carbocycles. The van der Waals surface area contributed by atoms with Crippen LogP contribution in [0.2, 0.25) is 0 Å². The number of nitrogens with zero attached hydrogens (tertiary/aromatic N) is 2. The van der Waals surface area contributed by atoms with Crippen molar-refractivity contribution >= 4 is 11.6 Å². The molecular weight excluding hydrogens is 323 g/mol. The smallest absolute Gasteiger partial charge is 0.219 e. The Hall–Kier alpha value is -1.66. The first kappa shape index (κ1) is 18.1. The molecule has 138 valence electrons. The molecule has 1 aromatic rings. The van der Waals surface area contributed by atoms with Crippen LogP contribution in [0.5, 0.6) is 0 Å². The lowest BCUT2D eigenvalue weighted by Gasteiger charge is -2.37. The van der Waals surface area contributed by atoms with Gasteiger partial charge in [0.25, 0.3) is 0 Å². The summed E-state index contributed by atoms with van der Waals surface area (Å²) in [6.45, 7) is 4.39. The summed E-state index contributed by atoms with van der Waals surface area (Å²) in [6, 6.07) is 5.17. The lowest BCUT2D eigenvalue weighted by Crippen LogP contribution is -2.43. The van der Waals surface area contributed by atoms with Crippen LogP contribution in [0.4, 0.5) is 10.1 Å². The van der Waals surface area contributed by atoms with E-state index in [2.05, 4.69) is 0 Å². The van der Waals surface area contributed by atoms with Gasteiger partial charge in [-0.15, -0.1) is 0 Å². The van der Waals surface area contributed by atoms with Crippen molar-refractivity contribution < 1.29 is 19.0 Å². The number of halogens is 1. The van der Waals surface area contributed by atoms with E-state index >= 15 is 0 Å². The maximum absolute atomic E-state index is 14.4. The summed E-state index contributed by atoms with van der Waals surface area (Å²) < 4.78 is 20.6. The van der Waals surface area contributed by atoms with Crippen molar-refractivity contribution in [2.24, 2.45) is 0 Å². The molecule has 2 heterocycles. The molecule has 1 amide bonds. The molecule has 2 saturated heterocycles. The molecule has 25 heavy (non-hydrogen) atoms. The van der Waals surface area contributed by atoms with Crippen LogP contribution < -0.4 is 4.90 Å². The topological polar surface area (TPSA) is 53.0 Å². The Balaban J connectivity index is 1.49. The molecule has 0 aliphatic carbocycles. The number of carbonyl (C=O) groups excluding carboxylic acids is 1. The molecule has 0 bridgehead atoms. The number of likely N-dealkylation sites (tertiary alicyclic amines) is 1. The maximum Gasteiger partial charge on any atom is 0.219 e. The zero-order valence-electron chi connectivity index (χ0n) is 14.8. The van der Waals surface area contributed by atoms with Gasteiger partial charge in [-0.2, -0.15) is 0 Å². The van der Waals surface area contributed by atoms with E-state index in [4.69, 9.17) is 4.74 Å². The van der Waals surface area contributed by atoms with Gasteiger partial charge in [-0.1, -0.05) is 12.1 Å². The van der Waals surface area contributed by atoms with Gasteiger partial charge in [0, 0.05) is 38.7 Å². The van der Waals surface area contributed by atoms with Crippen LogP contribution >= 0.6 is 0 Å². The van der Waals surface area contributed by atoms with Gasteiger partial charge in [0.15, 0.2) is 5.82 Å². The lowest BCUT2D eigenvalue weighted by atomic mass is 10.0. The van der Waals surface area contributed by atoms with E-state index in [1.165, 1.54) is 0 Å². The van der Waals surface area contributed by atoms with Crippen LogP contribution in [0.25, 0.3) is 0 Å². The van der Waals surface area contributed by atoms with Crippen molar-refractivity contribution in [2.75, 3.05) is 31.1 Å². The van der Waals surface area contributed by atoms with Crippen molar-refractivity contribution in [3.63, 3.8) is 0 Å². The molecular formula is C19H27FN2O3. The Morgan fingerprint density at radius 1 is 1.16 bits per heavy atom. The molecule has 0 spiro atoms. The Bertz CT molecular complexity index is 594. The van der Waals surface area contributed by atoms with E-state index in [-0.39, 0.29) is 30.5 Å². The number of anilines is 1. The van der Waals surface area contributed by atoms with E-state index in [0.29, 0.717) is 11.3 Å². The number of hydrogen-bond acceptors (Lipinski definition) is 4. The summed E-state index contributed by atoms with van der Waals surface area (Å²) >= 11 is 0. The van der Waals surface area contributed by atoms with E-state index in [9.17, 15) is 14.3 Å². The molecule has 2 aliphatic heterocycles. The Morgan fingerprint density at radius 2 is 1.76 bits per heavy atom. The second kappa shape index (κ2) is 8.15. The fourth-order valence-corrected chi connectivity index (χ4v) is 3.74. The van der Waals surface area contributed by atoms with Crippen LogP contribution in [0, 0.1) is 5.82 Å². The molecule has 0 atom stereocenters. The third-order valence-corrected chi connectivity index (χ3v) is 5.28. The van der Waals surface area contributed by atoms with E-state index in [0.717, 1.165) is 51.9 Å². The fourth-order valence-electron chi connectivity index (χ4n) is 3.74. The number of benzene rings is 1. The zero-order chi connectivity index (χ0) is 17.8. The Labute approximate surface area is 148 Å². The molecule has 5 nitrogen and oxygen atoms in total. The quantitative estimate of drug-likeness (QED) is 0.905. The monoisotopic (exact) mass is 350 g/mol. The second-order valence-corrected chi connectivity index (χ2v) is 6.94. The predicted octanol–water partition coefficient (Wildman–Crippen LogP) is 2.31. The average Bonchev–Trinajstić information content (AvgIpc) is 2.63. The van der Waals surface area contributed by atoms with Crippen molar-refractivity contribution in [3.05, 3.63) is 29.6 Å². The highest BCUT2D eigenvalue weighted by Gasteiger charge is 2.27. The maximum atomic E-state index is 14.4. The van der Waals surface area contributed by atoms with Crippen molar-refractivity contribution in [3.8, 4) is 0 Å². The Morgan fingerprint density at radius 3 is 2.32 bits per heavy atom. The van der Waals surface area contributed by atoms with Crippen molar-refractivity contribution in [1.29, 1.82) is 0 Å². The number of carbonyl (C=O) groups is 1. The van der Waals surface area contributed by atoms with Gasteiger partial charge in [-0.25, -0.2) is 4.39 Å². The minimum Gasteiger partial charge on any atom is -0.392 e. The van der Waals surface area contributed by atoms with Gasteiger partial charge < -0.3 is 19.6 Å². The molecule has 0 unspecified atom stereocenters. The summed E-state index contributed by atoms with van der Waals surface area (Å²) in [5.41, 5.74) is 0.910. The van der Waals surface area contributed by atoms with E-state index in [1.54, 1.807) is 25.1 Å². The van der Waals surface area contributed by atoms with Gasteiger partial charge in [0.1, 0.15) is 0 Å². The fraction of sp³-hybridized carbons (Fsp3) is 0.632. The average molecular weight is 350 g/mol. The first-order valence-electron chi connectivity index (χ1n) is 9.12. The molecule has 3 rings (SSSR count). The van der Waals surface area contributed by atoms with E-state index < -0.39 is 0 Å². The van der Waals surface area contributed by atoms with Crippen molar-refractivity contribution in [1.82, 2.24) is 4.90 Å². The van der Waals surface area contributed by atoms with Crippen molar-refractivity contribution in [2.45, 2.75) is 51.4 Å². The minimum atomic E-state index is -0.319. The van der Waals surface area contributed by atoms with Crippen LogP contribution in [0.1, 0.15) is 38.2 Å². The highest BCUT2D eigenvalue weighted by Crippen LogP contribution is 2.27. The molecule has 0 saturated carbocycles. The van der Waals surface area contributed by atoms with Gasteiger partial charge in [0.2, 0.25) is 5.91 Å². The third-order valence-electron chi connectivity index (χ3n) is 5.28. The molecule has 6 heteroatoms.